The molecule has 1 N–H and O–H groups in total. The van der Waals surface area contributed by atoms with Gasteiger partial charge in [-0.3, -0.25) is 9.67 Å². The normalized spacial score (nSPS) is 11.5. The van der Waals surface area contributed by atoms with Crippen LogP contribution in [0.4, 0.5) is 0 Å². The van der Waals surface area contributed by atoms with Crippen LogP contribution in [-0.2, 0) is 13.1 Å². The van der Waals surface area contributed by atoms with Crippen LogP contribution in [0.5, 0.6) is 0 Å². The second-order valence-electron chi connectivity index (χ2n) is 4.69. The molecule has 6 heteroatoms. The molecule has 2 rings (SSSR count). The molecule has 0 amide bonds. The fourth-order valence-corrected chi connectivity index (χ4v) is 2.25. The van der Waals surface area contributed by atoms with Gasteiger partial charge in [0, 0.05) is 44.6 Å². The molecule has 0 aliphatic heterocycles. The molecule has 1 heterocycles. The van der Waals surface area contributed by atoms with Crippen molar-refractivity contribution in [2.75, 3.05) is 20.6 Å². The molecule has 0 aliphatic carbocycles. The van der Waals surface area contributed by atoms with Gasteiger partial charge in [-0.1, -0.05) is 29.8 Å². The van der Waals surface area contributed by atoms with E-state index in [9.17, 15) is 0 Å². The third-order valence-corrected chi connectivity index (χ3v) is 3.49. The Hall–Kier alpha value is -2.01. The van der Waals surface area contributed by atoms with Crippen molar-refractivity contribution < 1.29 is 0 Å². The topological polar surface area (TPSA) is 45.5 Å². The van der Waals surface area contributed by atoms with Crippen molar-refractivity contribution in [2.45, 2.75) is 13.1 Å². The summed E-state index contributed by atoms with van der Waals surface area (Å²) in [5.74, 6) is 0.835. The molecular formula is C15H20ClN5. The smallest absolute Gasteiger partial charge is 0.193 e. The van der Waals surface area contributed by atoms with Crippen molar-refractivity contribution in [3.8, 4) is 0 Å². The first-order valence-electron chi connectivity index (χ1n) is 6.83. The largest absolute Gasteiger partial charge is 0.354 e. The minimum Gasteiger partial charge on any atom is -0.354 e. The summed E-state index contributed by atoms with van der Waals surface area (Å²) in [4.78, 5) is 6.34. The van der Waals surface area contributed by atoms with Gasteiger partial charge in [0.25, 0.3) is 0 Å². The average Bonchev–Trinajstić information content (AvgIpc) is 2.99. The average molecular weight is 306 g/mol. The van der Waals surface area contributed by atoms with Crippen LogP contribution in [0.1, 0.15) is 5.56 Å². The zero-order chi connectivity index (χ0) is 15.1. The minimum absolute atomic E-state index is 0.709. The Labute approximate surface area is 130 Å². The van der Waals surface area contributed by atoms with Gasteiger partial charge in [-0.25, -0.2) is 0 Å². The molecule has 0 fully saturated rings. The highest BCUT2D eigenvalue weighted by atomic mass is 35.5. The SMILES string of the molecule is CN=C(NCCn1cccn1)N(C)Cc1ccccc1Cl. The number of rotatable bonds is 5. The van der Waals surface area contributed by atoms with Crippen LogP contribution in [0, 0.1) is 0 Å². The molecule has 21 heavy (non-hydrogen) atoms. The lowest BCUT2D eigenvalue weighted by Gasteiger charge is -2.22. The van der Waals surface area contributed by atoms with Crippen LogP contribution < -0.4 is 5.32 Å². The van der Waals surface area contributed by atoms with E-state index in [0.29, 0.717) is 6.54 Å². The maximum absolute atomic E-state index is 6.19. The highest BCUT2D eigenvalue weighted by Crippen LogP contribution is 2.16. The number of hydrogen-bond acceptors (Lipinski definition) is 2. The van der Waals surface area contributed by atoms with E-state index in [4.69, 9.17) is 11.6 Å². The molecule has 0 unspecified atom stereocenters. The molecule has 1 aromatic heterocycles. The summed E-state index contributed by atoms with van der Waals surface area (Å²) in [6, 6.07) is 9.76. The third kappa shape index (κ3) is 4.49. The molecule has 112 valence electrons. The van der Waals surface area contributed by atoms with E-state index in [0.717, 1.165) is 29.6 Å². The first kappa shape index (κ1) is 15.4. The lowest BCUT2D eigenvalue weighted by molar-refractivity contribution is 0.470. The molecule has 1 aromatic carbocycles. The van der Waals surface area contributed by atoms with E-state index in [2.05, 4.69) is 15.4 Å². The Morgan fingerprint density at radius 2 is 2.19 bits per heavy atom. The molecule has 0 aliphatic rings. The molecule has 0 saturated carbocycles. The number of nitrogens with one attached hydrogen (secondary N) is 1. The van der Waals surface area contributed by atoms with E-state index in [1.807, 2.05) is 53.2 Å². The van der Waals surface area contributed by atoms with E-state index in [1.54, 1.807) is 13.2 Å². The van der Waals surface area contributed by atoms with Crippen molar-refractivity contribution in [1.29, 1.82) is 0 Å². The van der Waals surface area contributed by atoms with Gasteiger partial charge in [0.15, 0.2) is 5.96 Å². The number of hydrogen-bond donors (Lipinski definition) is 1. The third-order valence-electron chi connectivity index (χ3n) is 3.12. The predicted octanol–water partition coefficient (Wildman–Crippen LogP) is 2.24. The van der Waals surface area contributed by atoms with Crippen LogP contribution in [0.25, 0.3) is 0 Å². The monoisotopic (exact) mass is 305 g/mol. The van der Waals surface area contributed by atoms with Crippen LogP contribution >= 0.6 is 11.6 Å². The second kappa shape index (κ2) is 7.69. The standard InChI is InChI=1S/C15H20ClN5/c1-17-15(18-9-11-21-10-5-8-19-21)20(2)12-13-6-3-4-7-14(13)16/h3-8,10H,9,11-12H2,1-2H3,(H,17,18). The van der Waals surface area contributed by atoms with Gasteiger partial charge in [-0.05, 0) is 17.7 Å². The number of aromatic nitrogens is 2. The van der Waals surface area contributed by atoms with Gasteiger partial charge in [-0.15, -0.1) is 0 Å². The summed E-state index contributed by atoms with van der Waals surface area (Å²) in [7, 11) is 3.77. The second-order valence-corrected chi connectivity index (χ2v) is 5.10. The number of aliphatic imine (C=N–C) groups is 1. The van der Waals surface area contributed by atoms with Crippen molar-refractivity contribution in [1.82, 2.24) is 20.0 Å². The zero-order valence-corrected chi connectivity index (χ0v) is 13.1. The molecule has 0 bridgehead atoms. The number of nitrogens with zero attached hydrogens (tertiary/aromatic N) is 4. The molecule has 5 nitrogen and oxygen atoms in total. The Morgan fingerprint density at radius 1 is 1.38 bits per heavy atom. The summed E-state index contributed by atoms with van der Waals surface area (Å²) in [5, 5.41) is 8.26. The Balaban J connectivity index is 1.87. The van der Waals surface area contributed by atoms with Gasteiger partial charge in [-0.2, -0.15) is 5.10 Å². The first-order chi connectivity index (χ1) is 10.2. The zero-order valence-electron chi connectivity index (χ0n) is 12.3. The Bertz CT molecular complexity index is 580. The summed E-state index contributed by atoms with van der Waals surface area (Å²) in [6.07, 6.45) is 3.72. The van der Waals surface area contributed by atoms with Crippen molar-refractivity contribution >= 4 is 17.6 Å². The van der Waals surface area contributed by atoms with E-state index in [1.165, 1.54) is 0 Å². The van der Waals surface area contributed by atoms with Crippen LogP contribution in [-0.4, -0.2) is 41.3 Å². The van der Waals surface area contributed by atoms with Gasteiger partial charge in [0.05, 0.1) is 6.54 Å². The van der Waals surface area contributed by atoms with Crippen molar-refractivity contribution in [3.05, 3.63) is 53.3 Å². The number of halogens is 1. The lowest BCUT2D eigenvalue weighted by Crippen LogP contribution is -2.39. The van der Waals surface area contributed by atoms with Gasteiger partial charge >= 0.3 is 0 Å². The molecule has 0 spiro atoms. The molecule has 2 aromatic rings. The van der Waals surface area contributed by atoms with Gasteiger partial charge < -0.3 is 10.2 Å². The van der Waals surface area contributed by atoms with E-state index < -0.39 is 0 Å². The highest BCUT2D eigenvalue weighted by Gasteiger charge is 2.08. The first-order valence-corrected chi connectivity index (χ1v) is 7.21. The fourth-order valence-electron chi connectivity index (χ4n) is 2.06. The summed E-state index contributed by atoms with van der Waals surface area (Å²) < 4.78 is 1.88. The maximum atomic E-state index is 6.19. The van der Waals surface area contributed by atoms with Crippen LogP contribution in [0.2, 0.25) is 5.02 Å². The van der Waals surface area contributed by atoms with Crippen LogP contribution in [0.15, 0.2) is 47.7 Å². The highest BCUT2D eigenvalue weighted by molar-refractivity contribution is 6.31. The number of benzene rings is 1. The molecular weight excluding hydrogens is 286 g/mol. The van der Waals surface area contributed by atoms with Crippen LogP contribution in [0.3, 0.4) is 0 Å². The maximum Gasteiger partial charge on any atom is 0.193 e. The Kier molecular flexibility index (Phi) is 5.63. The quantitative estimate of drug-likeness (QED) is 0.681. The predicted molar refractivity (Wildman–Crippen MR) is 86.5 cm³/mol. The summed E-state index contributed by atoms with van der Waals surface area (Å²) in [6.45, 7) is 2.27. The molecule has 0 radical (unpaired) electrons. The van der Waals surface area contributed by atoms with Gasteiger partial charge in [0.1, 0.15) is 0 Å². The number of guanidine groups is 1. The van der Waals surface area contributed by atoms with E-state index in [-0.39, 0.29) is 0 Å². The lowest BCUT2D eigenvalue weighted by atomic mass is 10.2. The minimum atomic E-state index is 0.709. The summed E-state index contributed by atoms with van der Waals surface area (Å²) in [5.41, 5.74) is 1.08. The van der Waals surface area contributed by atoms with E-state index >= 15 is 0 Å². The van der Waals surface area contributed by atoms with Crippen molar-refractivity contribution in [3.63, 3.8) is 0 Å². The Morgan fingerprint density at radius 3 is 2.86 bits per heavy atom. The summed E-state index contributed by atoms with van der Waals surface area (Å²) >= 11 is 6.19. The molecule has 0 saturated heterocycles. The molecule has 0 atom stereocenters. The van der Waals surface area contributed by atoms with Gasteiger partial charge in [0.2, 0.25) is 0 Å². The fraction of sp³-hybridized carbons (Fsp3) is 0.333. The van der Waals surface area contributed by atoms with Crippen molar-refractivity contribution in [2.24, 2.45) is 4.99 Å².